The minimum absolute atomic E-state index is 0.0192. The van der Waals surface area contributed by atoms with E-state index >= 15 is 0 Å². The standard InChI is InChI=1S/C14H17ClN2O2/c15-11-3-1-10(2-4-11)7-16-14(18)17-12-5-6-13(17)9-19-8-12/h1-4,12-13H,5-9H2,(H,16,18)/t12-,13-/m1/s1. The molecule has 2 heterocycles. The van der Waals surface area contributed by atoms with Crippen LogP contribution in [0.2, 0.25) is 5.02 Å². The monoisotopic (exact) mass is 280 g/mol. The molecule has 0 aliphatic carbocycles. The molecule has 1 aromatic rings. The van der Waals surface area contributed by atoms with Crippen LogP contribution in [0.1, 0.15) is 18.4 Å². The molecule has 0 unspecified atom stereocenters. The predicted octanol–water partition coefficient (Wildman–Crippen LogP) is 2.41. The van der Waals surface area contributed by atoms with Crippen LogP contribution in [0.5, 0.6) is 0 Å². The second kappa shape index (κ2) is 5.39. The minimum Gasteiger partial charge on any atom is -0.377 e. The molecule has 1 aromatic carbocycles. The fraction of sp³-hybridized carbons (Fsp3) is 0.500. The summed E-state index contributed by atoms with van der Waals surface area (Å²) >= 11 is 5.83. The van der Waals surface area contributed by atoms with Gasteiger partial charge in [-0.15, -0.1) is 0 Å². The molecule has 19 heavy (non-hydrogen) atoms. The van der Waals surface area contributed by atoms with E-state index in [0.29, 0.717) is 24.8 Å². The number of hydrogen-bond donors (Lipinski definition) is 1. The Labute approximate surface area is 117 Å². The van der Waals surface area contributed by atoms with Crippen molar-refractivity contribution in [3.05, 3.63) is 34.9 Å². The predicted molar refractivity (Wildman–Crippen MR) is 73.2 cm³/mol. The largest absolute Gasteiger partial charge is 0.377 e. The molecule has 5 heteroatoms. The second-order valence-electron chi connectivity index (χ2n) is 5.11. The van der Waals surface area contributed by atoms with Gasteiger partial charge in [0.15, 0.2) is 0 Å². The minimum atomic E-state index is 0.0192. The molecule has 4 nitrogen and oxygen atoms in total. The van der Waals surface area contributed by atoms with E-state index in [2.05, 4.69) is 5.32 Å². The van der Waals surface area contributed by atoms with Crippen LogP contribution in [0.3, 0.4) is 0 Å². The third kappa shape index (κ3) is 2.69. The highest BCUT2D eigenvalue weighted by Crippen LogP contribution is 2.28. The molecule has 2 bridgehead atoms. The lowest BCUT2D eigenvalue weighted by Crippen LogP contribution is -2.52. The summed E-state index contributed by atoms with van der Waals surface area (Å²) in [7, 11) is 0. The Kier molecular flexibility index (Phi) is 3.62. The first-order valence-corrected chi connectivity index (χ1v) is 7.00. The van der Waals surface area contributed by atoms with Crippen molar-refractivity contribution in [2.45, 2.75) is 31.5 Å². The number of rotatable bonds is 2. The highest BCUT2D eigenvalue weighted by Gasteiger charge is 2.40. The molecule has 0 saturated carbocycles. The van der Waals surface area contributed by atoms with Gasteiger partial charge >= 0.3 is 6.03 Å². The molecular formula is C14H17ClN2O2. The number of halogens is 1. The number of fused-ring (bicyclic) bond motifs is 2. The van der Waals surface area contributed by atoms with Gasteiger partial charge in [0.1, 0.15) is 0 Å². The molecule has 0 spiro atoms. The number of benzene rings is 1. The van der Waals surface area contributed by atoms with E-state index in [-0.39, 0.29) is 18.1 Å². The number of amides is 2. The smallest absolute Gasteiger partial charge is 0.318 e. The van der Waals surface area contributed by atoms with Crippen molar-refractivity contribution in [3.8, 4) is 0 Å². The van der Waals surface area contributed by atoms with Crippen LogP contribution in [0, 0.1) is 0 Å². The van der Waals surface area contributed by atoms with Crippen LogP contribution >= 0.6 is 11.6 Å². The van der Waals surface area contributed by atoms with E-state index in [4.69, 9.17) is 16.3 Å². The summed E-state index contributed by atoms with van der Waals surface area (Å²) in [5.41, 5.74) is 1.05. The molecule has 1 N–H and O–H groups in total. The van der Waals surface area contributed by atoms with Gasteiger partial charge in [-0.25, -0.2) is 4.79 Å². The average Bonchev–Trinajstić information content (AvgIpc) is 2.67. The van der Waals surface area contributed by atoms with Gasteiger partial charge in [-0.05, 0) is 30.5 Å². The number of hydrogen-bond acceptors (Lipinski definition) is 2. The molecule has 2 aliphatic heterocycles. The number of nitrogens with zero attached hydrogens (tertiary/aromatic N) is 1. The van der Waals surface area contributed by atoms with Crippen molar-refractivity contribution in [2.24, 2.45) is 0 Å². The summed E-state index contributed by atoms with van der Waals surface area (Å²) < 4.78 is 5.48. The van der Waals surface area contributed by atoms with Gasteiger partial charge in [-0.1, -0.05) is 23.7 Å². The molecule has 0 aromatic heterocycles. The summed E-state index contributed by atoms with van der Waals surface area (Å²) in [5.74, 6) is 0. The number of nitrogens with one attached hydrogen (secondary N) is 1. The third-order valence-electron chi connectivity index (χ3n) is 3.83. The Morgan fingerprint density at radius 2 is 1.89 bits per heavy atom. The first-order chi connectivity index (χ1) is 9.24. The summed E-state index contributed by atoms with van der Waals surface area (Å²) in [6.45, 7) is 1.88. The van der Waals surface area contributed by atoms with Gasteiger partial charge in [0.05, 0.1) is 25.3 Å². The summed E-state index contributed by atoms with van der Waals surface area (Å²) in [6, 6.07) is 8.05. The van der Waals surface area contributed by atoms with Gasteiger partial charge in [0, 0.05) is 11.6 Å². The highest BCUT2D eigenvalue weighted by molar-refractivity contribution is 6.30. The molecular weight excluding hydrogens is 264 g/mol. The van der Waals surface area contributed by atoms with Crippen LogP contribution < -0.4 is 5.32 Å². The topological polar surface area (TPSA) is 41.6 Å². The summed E-state index contributed by atoms with van der Waals surface area (Å²) in [5, 5.41) is 3.69. The maximum Gasteiger partial charge on any atom is 0.318 e. The van der Waals surface area contributed by atoms with Crippen LogP contribution in [0.25, 0.3) is 0 Å². The number of morpholine rings is 1. The molecule has 2 amide bonds. The maximum absolute atomic E-state index is 12.2. The van der Waals surface area contributed by atoms with Crippen molar-refractivity contribution < 1.29 is 9.53 Å². The third-order valence-corrected chi connectivity index (χ3v) is 4.08. The number of carbonyl (C=O) groups excluding carboxylic acids is 1. The molecule has 2 aliphatic rings. The van der Waals surface area contributed by atoms with E-state index in [1.165, 1.54) is 0 Å². The van der Waals surface area contributed by atoms with Crippen molar-refractivity contribution in [1.29, 1.82) is 0 Å². The SMILES string of the molecule is O=C(NCc1ccc(Cl)cc1)N1[C@@H]2CC[C@@H]1COC2. The van der Waals surface area contributed by atoms with E-state index in [1.54, 1.807) is 0 Å². The van der Waals surface area contributed by atoms with Gasteiger partial charge in [-0.2, -0.15) is 0 Å². The molecule has 2 fully saturated rings. The molecule has 3 rings (SSSR count). The first-order valence-electron chi connectivity index (χ1n) is 6.62. The molecule has 2 saturated heterocycles. The van der Waals surface area contributed by atoms with E-state index in [1.807, 2.05) is 29.2 Å². The average molecular weight is 281 g/mol. The Bertz CT molecular complexity index is 447. The van der Waals surface area contributed by atoms with E-state index < -0.39 is 0 Å². The van der Waals surface area contributed by atoms with Crippen molar-refractivity contribution in [2.75, 3.05) is 13.2 Å². The van der Waals surface area contributed by atoms with E-state index in [9.17, 15) is 4.79 Å². The van der Waals surface area contributed by atoms with Crippen LogP contribution in [-0.2, 0) is 11.3 Å². The maximum atomic E-state index is 12.2. The molecule has 2 atom stereocenters. The van der Waals surface area contributed by atoms with Gasteiger partial charge in [0.25, 0.3) is 0 Å². The fourth-order valence-corrected chi connectivity index (χ4v) is 2.96. The Morgan fingerprint density at radius 3 is 2.53 bits per heavy atom. The van der Waals surface area contributed by atoms with E-state index in [0.717, 1.165) is 18.4 Å². The summed E-state index contributed by atoms with van der Waals surface area (Å²) in [6.07, 6.45) is 2.11. The molecule has 0 radical (unpaired) electrons. The zero-order chi connectivity index (χ0) is 13.2. The quantitative estimate of drug-likeness (QED) is 0.904. The lowest BCUT2D eigenvalue weighted by molar-refractivity contribution is 0.00631. The first kappa shape index (κ1) is 12.8. The zero-order valence-electron chi connectivity index (χ0n) is 10.6. The van der Waals surface area contributed by atoms with Gasteiger partial charge in [-0.3, -0.25) is 0 Å². The Morgan fingerprint density at radius 1 is 1.26 bits per heavy atom. The normalized spacial score (nSPS) is 25.4. The fourth-order valence-electron chi connectivity index (χ4n) is 2.83. The number of ether oxygens (including phenoxy) is 1. The van der Waals surface area contributed by atoms with Crippen molar-refractivity contribution in [1.82, 2.24) is 10.2 Å². The molecule has 102 valence electrons. The summed E-state index contributed by atoms with van der Waals surface area (Å²) in [4.78, 5) is 14.2. The van der Waals surface area contributed by atoms with Crippen LogP contribution in [0.4, 0.5) is 4.79 Å². The van der Waals surface area contributed by atoms with Crippen molar-refractivity contribution in [3.63, 3.8) is 0 Å². The Balaban J connectivity index is 1.58. The van der Waals surface area contributed by atoms with Crippen LogP contribution in [-0.4, -0.2) is 36.2 Å². The highest BCUT2D eigenvalue weighted by atomic mass is 35.5. The number of urea groups is 1. The zero-order valence-corrected chi connectivity index (χ0v) is 11.4. The van der Waals surface area contributed by atoms with Crippen LogP contribution in [0.15, 0.2) is 24.3 Å². The lowest BCUT2D eigenvalue weighted by atomic mass is 10.2. The van der Waals surface area contributed by atoms with Crippen molar-refractivity contribution >= 4 is 17.6 Å². The Hall–Kier alpha value is -1.26. The van der Waals surface area contributed by atoms with Gasteiger partial charge < -0.3 is 15.0 Å². The second-order valence-corrected chi connectivity index (χ2v) is 5.55. The van der Waals surface area contributed by atoms with Gasteiger partial charge in [0.2, 0.25) is 0 Å². The number of carbonyl (C=O) groups is 1. The lowest BCUT2D eigenvalue weighted by Gasteiger charge is -2.34.